The summed E-state index contributed by atoms with van der Waals surface area (Å²) in [6.07, 6.45) is 4.11. The van der Waals surface area contributed by atoms with Gasteiger partial charge in [0.2, 0.25) is 0 Å². The lowest BCUT2D eigenvalue weighted by atomic mass is 9.91. The second-order valence-corrected chi connectivity index (χ2v) is 5.46. The van der Waals surface area contributed by atoms with Gasteiger partial charge in [-0.3, -0.25) is 9.69 Å². The van der Waals surface area contributed by atoms with Crippen LogP contribution in [0.4, 0.5) is 0 Å². The number of benzene rings is 1. The summed E-state index contributed by atoms with van der Waals surface area (Å²) in [6.45, 7) is 1.53. The molecule has 0 aromatic heterocycles. The third-order valence-corrected chi connectivity index (χ3v) is 3.99. The summed E-state index contributed by atoms with van der Waals surface area (Å²) in [5.41, 5.74) is 0.671. The molecule has 104 valence electrons. The molecule has 2 rings (SSSR count). The van der Waals surface area contributed by atoms with Gasteiger partial charge in [-0.25, -0.2) is 0 Å². The number of ketones is 1. The quantitative estimate of drug-likeness (QED) is 0.781. The monoisotopic (exact) mass is 281 g/mol. The lowest BCUT2D eigenvalue weighted by Gasteiger charge is -2.37. The van der Waals surface area contributed by atoms with E-state index < -0.39 is 0 Å². The Morgan fingerprint density at radius 1 is 1.37 bits per heavy atom. The number of hydrogen-bond donors (Lipinski definition) is 1. The van der Waals surface area contributed by atoms with Crippen LogP contribution in [0.1, 0.15) is 36.0 Å². The number of carbonyl (C=O) groups excluding carboxylic acids is 1. The van der Waals surface area contributed by atoms with Crippen molar-refractivity contribution in [1.29, 1.82) is 0 Å². The third kappa shape index (κ3) is 4.03. The SMILES string of the molecule is O=C(CCN(CCO)C1CCC1)c1cccc(Cl)c1. The van der Waals surface area contributed by atoms with E-state index in [-0.39, 0.29) is 12.4 Å². The fraction of sp³-hybridized carbons (Fsp3) is 0.533. The van der Waals surface area contributed by atoms with Crippen molar-refractivity contribution in [3.63, 3.8) is 0 Å². The first kappa shape index (κ1) is 14.5. The standard InChI is InChI=1S/C15H20ClNO2/c16-13-4-1-3-12(11-13)15(19)7-8-17(9-10-18)14-5-2-6-14/h1,3-4,11,14,18H,2,5-10H2. The van der Waals surface area contributed by atoms with Crippen LogP contribution in [0.15, 0.2) is 24.3 Å². The van der Waals surface area contributed by atoms with Crippen molar-refractivity contribution in [2.24, 2.45) is 0 Å². The van der Waals surface area contributed by atoms with Crippen molar-refractivity contribution in [2.75, 3.05) is 19.7 Å². The van der Waals surface area contributed by atoms with Crippen LogP contribution in [0.2, 0.25) is 5.02 Å². The molecule has 0 spiro atoms. The van der Waals surface area contributed by atoms with Gasteiger partial charge in [0, 0.05) is 36.1 Å². The highest BCUT2D eigenvalue weighted by Gasteiger charge is 2.24. The first-order valence-corrected chi connectivity index (χ1v) is 7.22. The van der Waals surface area contributed by atoms with Crippen LogP contribution >= 0.6 is 11.6 Å². The van der Waals surface area contributed by atoms with Crippen LogP contribution in [0, 0.1) is 0 Å². The van der Waals surface area contributed by atoms with E-state index in [1.165, 1.54) is 19.3 Å². The zero-order valence-corrected chi connectivity index (χ0v) is 11.8. The van der Waals surface area contributed by atoms with Gasteiger partial charge in [0.25, 0.3) is 0 Å². The Kier molecular flexibility index (Phi) is 5.37. The molecule has 1 fully saturated rings. The van der Waals surface area contributed by atoms with Crippen molar-refractivity contribution in [1.82, 2.24) is 4.90 Å². The normalized spacial score (nSPS) is 15.5. The fourth-order valence-corrected chi connectivity index (χ4v) is 2.60. The first-order chi connectivity index (χ1) is 9.20. The minimum Gasteiger partial charge on any atom is -0.395 e. The number of aliphatic hydroxyl groups excluding tert-OH is 1. The highest BCUT2D eigenvalue weighted by Crippen LogP contribution is 2.24. The summed E-state index contributed by atoms with van der Waals surface area (Å²) in [7, 11) is 0. The highest BCUT2D eigenvalue weighted by atomic mass is 35.5. The third-order valence-electron chi connectivity index (χ3n) is 3.75. The molecular weight excluding hydrogens is 262 g/mol. The van der Waals surface area contributed by atoms with Gasteiger partial charge in [-0.2, -0.15) is 0 Å². The topological polar surface area (TPSA) is 40.5 Å². The lowest BCUT2D eigenvalue weighted by Crippen LogP contribution is -2.42. The van der Waals surface area contributed by atoms with Gasteiger partial charge < -0.3 is 5.11 Å². The van der Waals surface area contributed by atoms with Gasteiger partial charge >= 0.3 is 0 Å². The molecule has 0 amide bonds. The predicted octanol–water partition coefficient (Wildman–Crippen LogP) is 2.76. The van der Waals surface area contributed by atoms with Gasteiger partial charge in [-0.15, -0.1) is 0 Å². The van der Waals surface area contributed by atoms with E-state index in [1.807, 2.05) is 0 Å². The van der Waals surface area contributed by atoms with Crippen molar-refractivity contribution in [2.45, 2.75) is 31.7 Å². The Morgan fingerprint density at radius 3 is 2.74 bits per heavy atom. The Labute approximate surface area is 119 Å². The molecule has 0 saturated heterocycles. The number of aliphatic hydroxyl groups is 1. The molecule has 4 heteroatoms. The second kappa shape index (κ2) is 7.04. The summed E-state index contributed by atoms with van der Waals surface area (Å²) >= 11 is 5.89. The van der Waals surface area contributed by atoms with Crippen molar-refractivity contribution in [3.8, 4) is 0 Å². The summed E-state index contributed by atoms with van der Waals surface area (Å²) in [4.78, 5) is 14.3. The molecule has 1 aromatic rings. The fourth-order valence-electron chi connectivity index (χ4n) is 2.41. The van der Waals surface area contributed by atoms with E-state index >= 15 is 0 Å². The molecule has 0 aliphatic heterocycles. The molecule has 1 aliphatic carbocycles. The van der Waals surface area contributed by atoms with E-state index in [1.54, 1.807) is 24.3 Å². The van der Waals surface area contributed by atoms with E-state index in [0.29, 0.717) is 29.6 Å². The lowest BCUT2D eigenvalue weighted by molar-refractivity contribution is 0.0841. The van der Waals surface area contributed by atoms with E-state index in [9.17, 15) is 4.79 Å². The average molecular weight is 282 g/mol. The van der Waals surface area contributed by atoms with Crippen molar-refractivity contribution >= 4 is 17.4 Å². The summed E-state index contributed by atoms with van der Waals surface area (Å²) in [5.74, 6) is 0.116. The molecule has 3 nitrogen and oxygen atoms in total. The maximum Gasteiger partial charge on any atom is 0.164 e. The molecule has 1 aliphatic rings. The maximum absolute atomic E-state index is 12.1. The van der Waals surface area contributed by atoms with Crippen LogP contribution in [-0.2, 0) is 0 Å². The number of nitrogens with zero attached hydrogens (tertiary/aromatic N) is 1. The van der Waals surface area contributed by atoms with Gasteiger partial charge in [0.05, 0.1) is 6.61 Å². The smallest absolute Gasteiger partial charge is 0.164 e. The zero-order valence-electron chi connectivity index (χ0n) is 11.0. The highest BCUT2D eigenvalue weighted by molar-refractivity contribution is 6.31. The van der Waals surface area contributed by atoms with Gasteiger partial charge in [-0.1, -0.05) is 30.2 Å². The molecule has 1 aromatic carbocycles. The summed E-state index contributed by atoms with van der Waals surface area (Å²) < 4.78 is 0. The zero-order chi connectivity index (χ0) is 13.7. The number of rotatable bonds is 7. The molecule has 0 atom stereocenters. The number of Topliss-reactive ketones (excluding diaryl/α,β-unsaturated/α-hetero) is 1. The Bertz CT molecular complexity index is 432. The largest absolute Gasteiger partial charge is 0.395 e. The number of halogens is 1. The van der Waals surface area contributed by atoms with Crippen LogP contribution in [-0.4, -0.2) is 41.5 Å². The molecule has 0 unspecified atom stereocenters. The van der Waals surface area contributed by atoms with Gasteiger partial charge in [-0.05, 0) is 25.0 Å². The van der Waals surface area contributed by atoms with Gasteiger partial charge in [0.15, 0.2) is 5.78 Å². The molecule has 19 heavy (non-hydrogen) atoms. The number of hydrogen-bond acceptors (Lipinski definition) is 3. The second-order valence-electron chi connectivity index (χ2n) is 5.03. The van der Waals surface area contributed by atoms with Crippen LogP contribution in [0.5, 0.6) is 0 Å². The van der Waals surface area contributed by atoms with E-state index in [0.717, 1.165) is 6.54 Å². The molecule has 1 N–H and O–H groups in total. The molecule has 0 bridgehead atoms. The first-order valence-electron chi connectivity index (χ1n) is 6.84. The Morgan fingerprint density at radius 2 is 2.16 bits per heavy atom. The van der Waals surface area contributed by atoms with Crippen LogP contribution in [0.25, 0.3) is 0 Å². The molecule has 0 radical (unpaired) electrons. The van der Waals surface area contributed by atoms with Gasteiger partial charge in [0.1, 0.15) is 0 Å². The molecule has 0 heterocycles. The minimum absolute atomic E-state index is 0.116. The van der Waals surface area contributed by atoms with Crippen LogP contribution in [0.3, 0.4) is 0 Å². The van der Waals surface area contributed by atoms with E-state index in [4.69, 9.17) is 16.7 Å². The Balaban J connectivity index is 1.87. The van der Waals surface area contributed by atoms with Crippen LogP contribution < -0.4 is 0 Å². The van der Waals surface area contributed by atoms with Crippen molar-refractivity contribution < 1.29 is 9.90 Å². The molecular formula is C15H20ClNO2. The Hall–Kier alpha value is -0.900. The predicted molar refractivity (Wildman–Crippen MR) is 76.7 cm³/mol. The summed E-state index contributed by atoms with van der Waals surface area (Å²) in [6, 6.07) is 7.63. The van der Waals surface area contributed by atoms with E-state index in [2.05, 4.69) is 4.90 Å². The average Bonchev–Trinajstić information content (AvgIpc) is 2.33. The molecule has 1 saturated carbocycles. The van der Waals surface area contributed by atoms with Crippen molar-refractivity contribution in [3.05, 3.63) is 34.9 Å². The maximum atomic E-state index is 12.1. The number of carbonyl (C=O) groups is 1. The summed E-state index contributed by atoms with van der Waals surface area (Å²) in [5, 5.41) is 9.67. The minimum atomic E-state index is 0.116.